The van der Waals surface area contributed by atoms with Crippen LogP contribution in [-0.2, 0) is 0 Å². The SMILES string of the molecule is CC1=C(CCC(C)[N+](C)(C)CCCC[N+](C)(C)C(C)CCC2=C(C)CCCC2(C)C)C(C)(C)CCC1.[Br-].[Br-]. The first-order chi connectivity index (χ1) is 16.5. The Bertz CT molecular complexity index is 722. The summed E-state index contributed by atoms with van der Waals surface area (Å²) < 4.78 is 2.33. The van der Waals surface area contributed by atoms with Gasteiger partial charge in [-0.3, -0.25) is 0 Å². The van der Waals surface area contributed by atoms with Crippen molar-refractivity contribution in [1.29, 1.82) is 0 Å². The van der Waals surface area contributed by atoms with Crippen LogP contribution < -0.4 is 34.0 Å². The van der Waals surface area contributed by atoms with Crippen molar-refractivity contribution in [2.75, 3.05) is 41.3 Å². The highest BCUT2D eigenvalue weighted by atomic mass is 79.9. The van der Waals surface area contributed by atoms with Gasteiger partial charge in [0.1, 0.15) is 0 Å². The summed E-state index contributed by atoms with van der Waals surface area (Å²) in [7, 11) is 9.90. The number of hydrogen-bond acceptors (Lipinski definition) is 0. The molecule has 38 heavy (non-hydrogen) atoms. The summed E-state index contributed by atoms with van der Waals surface area (Å²) in [4.78, 5) is 0. The maximum absolute atomic E-state index is 2.50. The lowest BCUT2D eigenvalue weighted by molar-refractivity contribution is -0.919. The van der Waals surface area contributed by atoms with Crippen molar-refractivity contribution >= 4 is 0 Å². The van der Waals surface area contributed by atoms with Crippen LogP contribution in [0.5, 0.6) is 0 Å². The minimum atomic E-state index is 0. The molecule has 4 heteroatoms. The molecule has 0 aliphatic heterocycles. The van der Waals surface area contributed by atoms with E-state index in [0.717, 1.165) is 21.0 Å². The fourth-order valence-electron chi connectivity index (χ4n) is 7.34. The first-order valence-corrected chi connectivity index (χ1v) is 15.5. The van der Waals surface area contributed by atoms with Gasteiger partial charge in [-0.1, -0.05) is 50.0 Å². The molecule has 2 aliphatic rings. The fourth-order valence-corrected chi connectivity index (χ4v) is 7.34. The Balaban J connectivity index is 0.00000684. The van der Waals surface area contributed by atoms with Crippen LogP contribution in [0.1, 0.15) is 132 Å². The zero-order valence-corrected chi connectivity index (χ0v) is 30.9. The molecule has 2 rings (SSSR count). The third-order valence-electron chi connectivity index (χ3n) is 11.1. The molecule has 2 unspecified atom stereocenters. The molecule has 0 amide bonds. The largest absolute Gasteiger partial charge is 1.00 e. The van der Waals surface area contributed by atoms with Crippen molar-refractivity contribution in [1.82, 2.24) is 0 Å². The van der Waals surface area contributed by atoms with Crippen molar-refractivity contribution in [3.63, 3.8) is 0 Å². The zero-order chi connectivity index (χ0) is 27.4. The molecule has 2 aliphatic carbocycles. The summed E-state index contributed by atoms with van der Waals surface area (Å²) >= 11 is 0. The molecule has 226 valence electrons. The summed E-state index contributed by atoms with van der Waals surface area (Å²) in [5.41, 5.74) is 7.77. The summed E-state index contributed by atoms with van der Waals surface area (Å²) in [6.07, 6.45) is 16.1. The summed E-state index contributed by atoms with van der Waals surface area (Å²) in [5, 5.41) is 0. The van der Waals surface area contributed by atoms with Crippen LogP contribution in [-0.4, -0.2) is 62.3 Å². The van der Waals surface area contributed by atoms with Gasteiger partial charge in [0.25, 0.3) is 0 Å². The molecule has 0 aromatic rings. The van der Waals surface area contributed by atoms with E-state index >= 15 is 0 Å². The second-order valence-corrected chi connectivity index (χ2v) is 15.5. The molecule has 0 saturated heterocycles. The molecule has 0 fully saturated rings. The van der Waals surface area contributed by atoms with E-state index in [1.807, 2.05) is 0 Å². The highest BCUT2D eigenvalue weighted by molar-refractivity contribution is 5.23. The summed E-state index contributed by atoms with van der Waals surface area (Å²) in [6.45, 7) is 22.3. The smallest absolute Gasteiger partial charge is 0.0860 e. The maximum atomic E-state index is 2.50. The van der Waals surface area contributed by atoms with Gasteiger partial charge in [-0.05, 0) is 89.9 Å². The van der Waals surface area contributed by atoms with Crippen LogP contribution >= 0.6 is 0 Å². The van der Waals surface area contributed by atoms with Gasteiger partial charge < -0.3 is 42.9 Å². The number of unbranched alkanes of at least 4 members (excludes halogenated alkanes) is 1. The van der Waals surface area contributed by atoms with Crippen LogP contribution in [0.3, 0.4) is 0 Å². The van der Waals surface area contributed by atoms with Gasteiger partial charge >= 0.3 is 0 Å². The molecule has 0 N–H and O–H groups in total. The third-order valence-corrected chi connectivity index (χ3v) is 11.1. The maximum Gasteiger partial charge on any atom is 0.0860 e. The molecule has 0 aromatic heterocycles. The number of allylic oxidation sites excluding steroid dienone is 4. The minimum Gasteiger partial charge on any atom is -1.00 e. The van der Waals surface area contributed by atoms with Crippen molar-refractivity contribution in [3.05, 3.63) is 22.3 Å². The van der Waals surface area contributed by atoms with Crippen LogP contribution in [0.15, 0.2) is 22.3 Å². The molecular formula is C34H66Br2N2. The monoisotopic (exact) mass is 660 g/mol. The second-order valence-electron chi connectivity index (χ2n) is 15.5. The molecule has 0 bridgehead atoms. The predicted molar refractivity (Wildman–Crippen MR) is 161 cm³/mol. The lowest BCUT2D eigenvalue weighted by Crippen LogP contribution is -3.00. The highest BCUT2D eigenvalue weighted by Gasteiger charge is 2.32. The van der Waals surface area contributed by atoms with Crippen molar-refractivity contribution in [2.45, 2.75) is 145 Å². The molecular weight excluding hydrogens is 596 g/mol. The number of hydrogen-bond donors (Lipinski definition) is 0. The third kappa shape index (κ3) is 10.6. The van der Waals surface area contributed by atoms with E-state index in [0.29, 0.717) is 10.8 Å². The van der Waals surface area contributed by atoms with E-state index in [4.69, 9.17) is 0 Å². The van der Waals surface area contributed by atoms with E-state index in [2.05, 4.69) is 83.6 Å². The first kappa shape index (κ1) is 38.4. The molecule has 0 saturated carbocycles. The predicted octanol–water partition coefficient (Wildman–Crippen LogP) is 3.32. The Hall–Kier alpha value is 0.360. The Morgan fingerprint density at radius 1 is 0.632 bits per heavy atom. The van der Waals surface area contributed by atoms with Gasteiger partial charge in [-0.15, -0.1) is 0 Å². The quantitative estimate of drug-likeness (QED) is 0.162. The standard InChI is InChI=1S/C34H66N2.2BrH/c1-27-17-15-23-33(5,6)31(27)21-19-29(3)35(9,10)25-13-14-26-36(11,12)30(4)20-22-32-28(2)18-16-24-34(32,7)8;;/h29-30H,13-26H2,1-12H3;2*1H/q+2;;/p-2. The highest BCUT2D eigenvalue weighted by Crippen LogP contribution is 2.43. The number of rotatable bonds is 13. The first-order valence-electron chi connectivity index (χ1n) is 15.5. The summed E-state index contributed by atoms with van der Waals surface area (Å²) in [6, 6.07) is 1.44. The molecule has 2 nitrogen and oxygen atoms in total. The fraction of sp³-hybridized carbons (Fsp3) is 0.882. The number of quaternary nitrogens is 2. The van der Waals surface area contributed by atoms with Gasteiger partial charge in [-0.25, -0.2) is 0 Å². The van der Waals surface area contributed by atoms with E-state index in [1.165, 1.54) is 90.1 Å². The average Bonchev–Trinajstić information content (AvgIpc) is 2.74. The number of halogens is 2. The van der Waals surface area contributed by atoms with E-state index < -0.39 is 0 Å². The minimum absolute atomic E-state index is 0. The molecule has 0 radical (unpaired) electrons. The van der Waals surface area contributed by atoms with E-state index in [-0.39, 0.29) is 34.0 Å². The second kappa shape index (κ2) is 15.5. The van der Waals surface area contributed by atoms with Gasteiger partial charge in [-0.2, -0.15) is 0 Å². The lowest BCUT2D eigenvalue weighted by atomic mass is 9.71. The summed E-state index contributed by atoms with van der Waals surface area (Å²) in [5.74, 6) is 0. The average molecular weight is 663 g/mol. The van der Waals surface area contributed by atoms with Crippen LogP contribution in [0.2, 0.25) is 0 Å². The Morgan fingerprint density at radius 2 is 0.947 bits per heavy atom. The molecule has 0 spiro atoms. The molecule has 0 heterocycles. The molecule has 2 atom stereocenters. The Kier molecular flexibility index (Phi) is 15.7. The van der Waals surface area contributed by atoms with Crippen LogP contribution in [0.4, 0.5) is 0 Å². The molecule has 0 aromatic carbocycles. The van der Waals surface area contributed by atoms with Crippen molar-refractivity contribution in [2.24, 2.45) is 10.8 Å². The lowest BCUT2D eigenvalue weighted by Gasteiger charge is -2.40. The zero-order valence-electron chi connectivity index (χ0n) is 27.7. The van der Waals surface area contributed by atoms with Crippen LogP contribution in [0, 0.1) is 10.8 Å². The topological polar surface area (TPSA) is 0 Å². The van der Waals surface area contributed by atoms with E-state index in [9.17, 15) is 0 Å². The van der Waals surface area contributed by atoms with Gasteiger partial charge in [0.05, 0.1) is 53.4 Å². The normalized spacial score (nSPS) is 21.5. The van der Waals surface area contributed by atoms with E-state index in [1.54, 1.807) is 22.3 Å². The van der Waals surface area contributed by atoms with Crippen molar-refractivity contribution in [3.8, 4) is 0 Å². The van der Waals surface area contributed by atoms with Gasteiger partial charge in [0.15, 0.2) is 0 Å². The van der Waals surface area contributed by atoms with Crippen LogP contribution in [0.25, 0.3) is 0 Å². The van der Waals surface area contributed by atoms with Gasteiger partial charge in [0, 0.05) is 25.7 Å². The van der Waals surface area contributed by atoms with Crippen molar-refractivity contribution < 1.29 is 42.9 Å². The Labute approximate surface area is 260 Å². The Morgan fingerprint density at radius 3 is 1.24 bits per heavy atom. The van der Waals surface area contributed by atoms with Gasteiger partial charge in [0.2, 0.25) is 0 Å². The number of nitrogens with zero attached hydrogens (tertiary/aromatic N) is 2.